The second-order valence-corrected chi connectivity index (χ2v) is 4.37. The van der Waals surface area contributed by atoms with E-state index in [1.54, 1.807) is 0 Å². The summed E-state index contributed by atoms with van der Waals surface area (Å²) in [6.07, 6.45) is 9.80. The number of nitrogens with two attached hydrogens (primary N) is 1. The molecule has 76 valence electrons. The Labute approximate surface area is 88.4 Å². The molecule has 2 N–H and O–H groups in total. The molecule has 0 aliphatic heterocycles. The molecule has 14 heavy (non-hydrogen) atoms. The van der Waals surface area contributed by atoms with Crippen LogP contribution in [0.4, 0.5) is 0 Å². The summed E-state index contributed by atoms with van der Waals surface area (Å²) in [5.41, 5.74) is 8.46. The third-order valence-electron chi connectivity index (χ3n) is 2.55. The number of allylic oxidation sites excluding steroid dienone is 1. The molecule has 2 rings (SSSR count). The predicted octanol–water partition coefficient (Wildman–Crippen LogP) is 1.91. The normalized spacial score (nSPS) is 22.9. The van der Waals surface area contributed by atoms with Crippen molar-refractivity contribution in [3.63, 3.8) is 0 Å². The summed E-state index contributed by atoms with van der Waals surface area (Å²) in [6.45, 7) is 0. The van der Waals surface area contributed by atoms with E-state index in [9.17, 15) is 0 Å². The summed E-state index contributed by atoms with van der Waals surface area (Å²) < 4.78 is 8.22. The lowest BCUT2D eigenvalue weighted by Crippen LogP contribution is -2.16. The topological polar surface area (TPSA) is 51.8 Å². The van der Waals surface area contributed by atoms with Gasteiger partial charge in [-0.05, 0) is 19.3 Å². The molecule has 0 saturated carbocycles. The monoisotopic (exact) mass is 209 g/mol. The third kappa shape index (κ3) is 2.62. The van der Waals surface area contributed by atoms with E-state index in [2.05, 4.69) is 14.8 Å². The Balaban J connectivity index is 2.02. The Morgan fingerprint density at radius 1 is 1.50 bits per heavy atom. The number of hydrogen-bond acceptors (Lipinski definition) is 4. The van der Waals surface area contributed by atoms with Gasteiger partial charge in [0.15, 0.2) is 0 Å². The molecule has 1 heterocycles. The maximum absolute atomic E-state index is 5.94. The number of hydrogen-bond donors (Lipinski definition) is 1. The van der Waals surface area contributed by atoms with Crippen molar-refractivity contribution < 1.29 is 0 Å². The molecule has 1 aromatic rings. The average molecular weight is 209 g/mol. The molecule has 0 amide bonds. The molecule has 0 radical (unpaired) electrons. The Morgan fingerprint density at radius 3 is 3.21 bits per heavy atom. The van der Waals surface area contributed by atoms with Gasteiger partial charge >= 0.3 is 0 Å². The van der Waals surface area contributed by atoms with Gasteiger partial charge in [0.1, 0.15) is 0 Å². The first kappa shape index (κ1) is 9.80. The highest BCUT2D eigenvalue weighted by molar-refractivity contribution is 6.99. The van der Waals surface area contributed by atoms with Gasteiger partial charge in [0.25, 0.3) is 0 Å². The van der Waals surface area contributed by atoms with Crippen molar-refractivity contribution in [1.82, 2.24) is 8.75 Å². The van der Waals surface area contributed by atoms with E-state index in [0.29, 0.717) is 0 Å². The first-order valence-electron chi connectivity index (χ1n) is 5.06. The van der Waals surface area contributed by atoms with Crippen LogP contribution in [0.5, 0.6) is 0 Å². The van der Waals surface area contributed by atoms with Gasteiger partial charge in [-0.2, -0.15) is 8.75 Å². The van der Waals surface area contributed by atoms with Crippen LogP contribution in [0.1, 0.15) is 31.4 Å². The van der Waals surface area contributed by atoms with E-state index in [1.807, 2.05) is 6.20 Å². The molecule has 1 unspecified atom stereocenters. The van der Waals surface area contributed by atoms with Crippen LogP contribution in [0.2, 0.25) is 0 Å². The summed E-state index contributed by atoms with van der Waals surface area (Å²) in [5.74, 6) is 0. The van der Waals surface area contributed by atoms with Crippen molar-refractivity contribution in [2.24, 2.45) is 5.73 Å². The van der Waals surface area contributed by atoms with Crippen LogP contribution in [0.25, 0.3) is 0 Å². The summed E-state index contributed by atoms with van der Waals surface area (Å²) in [4.78, 5) is 0. The van der Waals surface area contributed by atoms with E-state index >= 15 is 0 Å². The van der Waals surface area contributed by atoms with Crippen LogP contribution in [0.15, 0.2) is 17.8 Å². The third-order valence-corrected chi connectivity index (χ3v) is 3.07. The van der Waals surface area contributed by atoms with Gasteiger partial charge in [0, 0.05) is 12.5 Å². The number of rotatable bonds is 2. The highest BCUT2D eigenvalue weighted by Crippen LogP contribution is 2.19. The molecule has 1 aliphatic carbocycles. The lowest BCUT2D eigenvalue weighted by molar-refractivity contribution is 0.654. The number of aromatic nitrogens is 2. The molecule has 3 nitrogen and oxygen atoms in total. The number of nitrogens with zero attached hydrogens (tertiary/aromatic N) is 2. The fourth-order valence-corrected chi connectivity index (χ4v) is 2.28. The molecule has 1 atom stereocenters. The molecule has 4 heteroatoms. The van der Waals surface area contributed by atoms with E-state index < -0.39 is 0 Å². The SMILES string of the molecule is NC1C=C(Cc2cnsn2)CCCC1. The summed E-state index contributed by atoms with van der Waals surface area (Å²) in [5, 5.41) is 0. The van der Waals surface area contributed by atoms with Crippen molar-refractivity contribution in [3.05, 3.63) is 23.5 Å². The predicted molar refractivity (Wildman–Crippen MR) is 58.1 cm³/mol. The molecular formula is C10H15N3S. The van der Waals surface area contributed by atoms with Gasteiger partial charge in [0.05, 0.1) is 23.6 Å². The standard InChI is InChI=1S/C10H15N3S/c11-9-4-2-1-3-8(5-9)6-10-7-12-14-13-10/h5,7,9H,1-4,6,11H2. The highest BCUT2D eigenvalue weighted by Gasteiger charge is 2.09. The van der Waals surface area contributed by atoms with E-state index in [1.165, 1.54) is 36.6 Å². The van der Waals surface area contributed by atoms with Crippen molar-refractivity contribution >= 4 is 11.7 Å². The highest BCUT2D eigenvalue weighted by atomic mass is 32.1. The molecular weight excluding hydrogens is 194 g/mol. The maximum atomic E-state index is 5.94. The van der Waals surface area contributed by atoms with E-state index in [0.717, 1.165) is 18.5 Å². The van der Waals surface area contributed by atoms with Crippen molar-refractivity contribution in [1.29, 1.82) is 0 Å². The van der Waals surface area contributed by atoms with Gasteiger partial charge in [-0.1, -0.05) is 18.1 Å². The quantitative estimate of drug-likeness (QED) is 0.757. The molecule has 0 saturated heterocycles. The largest absolute Gasteiger partial charge is 0.324 e. The van der Waals surface area contributed by atoms with Crippen LogP contribution in [0.3, 0.4) is 0 Å². The molecule has 0 aromatic carbocycles. The summed E-state index contributed by atoms with van der Waals surface area (Å²) >= 11 is 1.28. The zero-order valence-corrected chi connectivity index (χ0v) is 8.96. The average Bonchev–Trinajstić information content (AvgIpc) is 2.56. The lowest BCUT2D eigenvalue weighted by Gasteiger charge is -2.04. The maximum Gasteiger partial charge on any atom is 0.0783 e. The van der Waals surface area contributed by atoms with Crippen molar-refractivity contribution in [2.75, 3.05) is 0 Å². The van der Waals surface area contributed by atoms with Crippen LogP contribution in [-0.2, 0) is 6.42 Å². The smallest absolute Gasteiger partial charge is 0.0783 e. The van der Waals surface area contributed by atoms with Crippen molar-refractivity contribution in [3.8, 4) is 0 Å². The molecule has 1 aliphatic rings. The van der Waals surface area contributed by atoms with Crippen LogP contribution in [-0.4, -0.2) is 14.8 Å². The Bertz CT molecular complexity index is 305. The zero-order chi connectivity index (χ0) is 9.80. The van der Waals surface area contributed by atoms with Gasteiger partial charge in [0.2, 0.25) is 0 Å². The summed E-state index contributed by atoms with van der Waals surface area (Å²) in [7, 11) is 0. The lowest BCUT2D eigenvalue weighted by atomic mass is 10.1. The van der Waals surface area contributed by atoms with Gasteiger partial charge in [-0.15, -0.1) is 0 Å². The molecule has 0 fully saturated rings. The zero-order valence-electron chi connectivity index (χ0n) is 8.15. The molecule has 0 bridgehead atoms. The molecule has 1 aromatic heterocycles. The van der Waals surface area contributed by atoms with Gasteiger partial charge in [-0.3, -0.25) is 0 Å². The Kier molecular flexibility index (Phi) is 3.26. The minimum Gasteiger partial charge on any atom is -0.324 e. The summed E-state index contributed by atoms with van der Waals surface area (Å²) in [6, 6.07) is 0.249. The second-order valence-electron chi connectivity index (χ2n) is 3.81. The van der Waals surface area contributed by atoms with Crippen LogP contribution in [0, 0.1) is 0 Å². The van der Waals surface area contributed by atoms with E-state index in [-0.39, 0.29) is 6.04 Å². The first-order valence-corrected chi connectivity index (χ1v) is 5.79. The van der Waals surface area contributed by atoms with Crippen molar-refractivity contribution in [2.45, 2.75) is 38.1 Å². The fraction of sp³-hybridized carbons (Fsp3) is 0.600. The Hall–Kier alpha value is -0.740. The molecule has 0 spiro atoms. The first-order chi connectivity index (χ1) is 6.84. The minimum atomic E-state index is 0.249. The second kappa shape index (κ2) is 4.66. The fourth-order valence-electron chi connectivity index (χ4n) is 1.84. The van der Waals surface area contributed by atoms with Crippen LogP contribution < -0.4 is 5.73 Å². The van der Waals surface area contributed by atoms with Gasteiger partial charge < -0.3 is 5.73 Å². The van der Waals surface area contributed by atoms with Crippen LogP contribution >= 0.6 is 11.7 Å². The van der Waals surface area contributed by atoms with Gasteiger partial charge in [-0.25, -0.2) is 0 Å². The van der Waals surface area contributed by atoms with E-state index in [4.69, 9.17) is 5.73 Å². The minimum absolute atomic E-state index is 0.249. The Morgan fingerprint density at radius 2 is 2.43 bits per heavy atom.